The Labute approximate surface area is 164 Å². The maximum atomic E-state index is 12.5. The maximum absolute atomic E-state index is 12.5. The molecule has 1 saturated carbocycles. The second kappa shape index (κ2) is 9.08. The van der Waals surface area contributed by atoms with E-state index in [2.05, 4.69) is 22.3 Å². The van der Waals surface area contributed by atoms with Crippen LogP contribution in [-0.2, 0) is 4.79 Å². The van der Waals surface area contributed by atoms with Gasteiger partial charge in [-0.25, -0.2) is 4.98 Å². The number of nitrogens with one attached hydrogen (secondary N) is 1. The molecule has 1 amide bonds. The van der Waals surface area contributed by atoms with Crippen LogP contribution in [0.5, 0.6) is 5.88 Å². The predicted molar refractivity (Wildman–Crippen MR) is 102 cm³/mol. The Balaban J connectivity index is 1.43. The van der Waals surface area contributed by atoms with E-state index in [1.807, 2.05) is 0 Å². The zero-order valence-corrected chi connectivity index (χ0v) is 15.9. The van der Waals surface area contributed by atoms with E-state index in [9.17, 15) is 10.1 Å². The molecular formula is C20H23ClN4O2. The highest BCUT2D eigenvalue weighted by molar-refractivity contribution is 6.30. The molecule has 142 valence electrons. The number of pyridine rings is 1. The molecule has 1 saturated heterocycles. The lowest BCUT2D eigenvalue weighted by atomic mass is 9.93. The third-order valence-electron chi connectivity index (χ3n) is 5.22. The van der Waals surface area contributed by atoms with Crippen molar-refractivity contribution in [3.8, 4) is 24.3 Å². The lowest BCUT2D eigenvalue weighted by Gasteiger charge is -2.30. The summed E-state index contributed by atoms with van der Waals surface area (Å²) in [5.74, 6) is 3.12. The summed E-state index contributed by atoms with van der Waals surface area (Å²) in [6.07, 6.45) is 12.2. The quantitative estimate of drug-likeness (QED) is 0.787. The Kier molecular flexibility index (Phi) is 6.55. The van der Waals surface area contributed by atoms with Gasteiger partial charge in [-0.3, -0.25) is 4.79 Å². The van der Waals surface area contributed by atoms with E-state index in [1.54, 1.807) is 23.2 Å². The molecule has 0 spiro atoms. The van der Waals surface area contributed by atoms with Crippen molar-refractivity contribution in [1.82, 2.24) is 15.2 Å². The molecule has 1 aliphatic heterocycles. The number of nitriles is 1. The second-order valence-electron chi connectivity index (χ2n) is 6.99. The first-order valence-corrected chi connectivity index (χ1v) is 9.67. The summed E-state index contributed by atoms with van der Waals surface area (Å²) >= 11 is 5.83. The summed E-state index contributed by atoms with van der Waals surface area (Å²) in [5.41, 5.74) is 0. The largest absolute Gasteiger partial charge is 0.474 e. The van der Waals surface area contributed by atoms with Gasteiger partial charge in [0.2, 0.25) is 11.8 Å². The van der Waals surface area contributed by atoms with Crippen molar-refractivity contribution < 1.29 is 9.53 Å². The number of halogens is 1. The molecule has 2 heterocycles. The predicted octanol–water partition coefficient (Wildman–Crippen LogP) is 2.53. The van der Waals surface area contributed by atoms with E-state index < -0.39 is 6.04 Å². The molecule has 2 fully saturated rings. The van der Waals surface area contributed by atoms with E-state index in [0.29, 0.717) is 23.7 Å². The third kappa shape index (κ3) is 4.91. The minimum absolute atomic E-state index is 0.0919. The van der Waals surface area contributed by atoms with Gasteiger partial charge in [-0.15, -0.1) is 6.42 Å². The SMILES string of the molecule is C#C[C@@H]1CC[C@@H](C#N)N1C(=O)CNC1CCC(Oc2ccc(Cl)cn2)CC1. The molecule has 3 rings (SSSR count). The van der Waals surface area contributed by atoms with Crippen LogP contribution in [0, 0.1) is 23.7 Å². The Morgan fingerprint density at radius 1 is 1.30 bits per heavy atom. The average molecular weight is 387 g/mol. The summed E-state index contributed by atoms with van der Waals surface area (Å²) < 4.78 is 5.89. The Hall–Kier alpha value is -2.28. The van der Waals surface area contributed by atoms with Crippen LogP contribution in [-0.4, -0.2) is 46.6 Å². The van der Waals surface area contributed by atoms with Crippen molar-refractivity contribution in [2.45, 2.75) is 62.8 Å². The van der Waals surface area contributed by atoms with Crippen LogP contribution in [0.15, 0.2) is 18.3 Å². The van der Waals surface area contributed by atoms with Gasteiger partial charge in [0.1, 0.15) is 12.1 Å². The lowest BCUT2D eigenvalue weighted by molar-refractivity contribution is -0.131. The number of nitrogens with zero attached hydrogens (tertiary/aromatic N) is 3. The molecule has 7 heteroatoms. The molecule has 0 unspecified atom stereocenters. The van der Waals surface area contributed by atoms with Crippen LogP contribution >= 0.6 is 11.6 Å². The number of likely N-dealkylation sites (tertiary alicyclic amines) is 1. The fourth-order valence-corrected chi connectivity index (χ4v) is 3.87. The molecule has 0 aromatic carbocycles. The molecule has 2 aliphatic rings. The number of carbonyl (C=O) groups excluding carboxylic acids is 1. The maximum Gasteiger partial charge on any atom is 0.238 e. The van der Waals surface area contributed by atoms with Crippen molar-refractivity contribution in [3.63, 3.8) is 0 Å². The van der Waals surface area contributed by atoms with E-state index in [4.69, 9.17) is 22.8 Å². The highest BCUT2D eigenvalue weighted by Gasteiger charge is 2.36. The molecule has 1 aromatic rings. The van der Waals surface area contributed by atoms with Gasteiger partial charge in [0.15, 0.2) is 0 Å². The normalized spacial score (nSPS) is 27.6. The highest BCUT2D eigenvalue weighted by Crippen LogP contribution is 2.25. The molecule has 1 aromatic heterocycles. The summed E-state index contributed by atoms with van der Waals surface area (Å²) in [6, 6.07) is 5.31. The number of aromatic nitrogens is 1. The Morgan fingerprint density at radius 3 is 2.67 bits per heavy atom. The number of amides is 1. The topological polar surface area (TPSA) is 78.2 Å². The number of hydrogen-bond acceptors (Lipinski definition) is 5. The molecule has 1 N–H and O–H groups in total. The van der Waals surface area contributed by atoms with Crippen LogP contribution in [0.2, 0.25) is 5.02 Å². The number of ether oxygens (including phenoxy) is 1. The summed E-state index contributed by atoms with van der Waals surface area (Å²) in [4.78, 5) is 18.3. The van der Waals surface area contributed by atoms with Gasteiger partial charge in [0.25, 0.3) is 0 Å². The van der Waals surface area contributed by atoms with Gasteiger partial charge in [-0.1, -0.05) is 17.5 Å². The van der Waals surface area contributed by atoms with Crippen molar-refractivity contribution in [3.05, 3.63) is 23.4 Å². The first-order chi connectivity index (χ1) is 13.1. The molecule has 0 bridgehead atoms. The van der Waals surface area contributed by atoms with E-state index >= 15 is 0 Å². The molecule has 2 atom stereocenters. The number of terminal acetylenes is 1. The Bertz CT molecular complexity index is 710. The van der Waals surface area contributed by atoms with Crippen molar-refractivity contribution >= 4 is 17.5 Å². The second-order valence-corrected chi connectivity index (χ2v) is 7.43. The van der Waals surface area contributed by atoms with Gasteiger partial charge in [-0.2, -0.15) is 5.26 Å². The van der Waals surface area contributed by atoms with Gasteiger partial charge in [0.05, 0.1) is 23.7 Å². The van der Waals surface area contributed by atoms with Crippen LogP contribution in [0.3, 0.4) is 0 Å². The summed E-state index contributed by atoms with van der Waals surface area (Å²) in [6.45, 7) is 0.214. The first-order valence-electron chi connectivity index (χ1n) is 9.29. The lowest BCUT2D eigenvalue weighted by Crippen LogP contribution is -2.47. The minimum atomic E-state index is -0.406. The fourth-order valence-electron chi connectivity index (χ4n) is 3.76. The zero-order valence-electron chi connectivity index (χ0n) is 15.1. The van der Waals surface area contributed by atoms with Crippen molar-refractivity contribution in [1.29, 1.82) is 5.26 Å². The van der Waals surface area contributed by atoms with Crippen LogP contribution in [0.1, 0.15) is 38.5 Å². The molecular weight excluding hydrogens is 364 g/mol. The van der Waals surface area contributed by atoms with Crippen LogP contribution in [0.4, 0.5) is 0 Å². The van der Waals surface area contributed by atoms with E-state index in [0.717, 1.165) is 25.7 Å². The van der Waals surface area contributed by atoms with E-state index in [1.165, 1.54) is 0 Å². The number of hydrogen-bond donors (Lipinski definition) is 1. The smallest absolute Gasteiger partial charge is 0.238 e. The summed E-state index contributed by atoms with van der Waals surface area (Å²) in [7, 11) is 0. The molecule has 1 aliphatic carbocycles. The van der Waals surface area contributed by atoms with Gasteiger partial charge in [0, 0.05) is 18.3 Å². The standard InChI is InChI=1S/C20H23ClN4O2/c1-2-16-6-7-17(11-22)25(16)20(26)13-23-15-4-8-18(9-5-15)27-19-10-3-14(21)12-24-19/h1,3,10,12,15-18,23H,4-9,13H2/t15?,16-,17+,18?/m1/s1. The highest BCUT2D eigenvalue weighted by atomic mass is 35.5. The molecule has 0 radical (unpaired) electrons. The third-order valence-corrected chi connectivity index (χ3v) is 5.44. The monoisotopic (exact) mass is 386 g/mol. The van der Waals surface area contributed by atoms with E-state index in [-0.39, 0.29) is 30.6 Å². The number of rotatable bonds is 5. The zero-order chi connectivity index (χ0) is 19.2. The Morgan fingerprint density at radius 2 is 2.04 bits per heavy atom. The fraction of sp³-hybridized carbons (Fsp3) is 0.550. The number of carbonyl (C=O) groups is 1. The molecule has 6 nitrogen and oxygen atoms in total. The van der Waals surface area contributed by atoms with Gasteiger partial charge >= 0.3 is 0 Å². The van der Waals surface area contributed by atoms with Crippen molar-refractivity contribution in [2.24, 2.45) is 0 Å². The summed E-state index contributed by atoms with van der Waals surface area (Å²) in [5, 5.41) is 13.1. The van der Waals surface area contributed by atoms with Crippen LogP contribution < -0.4 is 10.1 Å². The van der Waals surface area contributed by atoms with Crippen LogP contribution in [0.25, 0.3) is 0 Å². The van der Waals surface area contributed by atoms with Crippen molar-refractivity contribution in [2.75, 3.05) is 6.54 Å². The minimum Gasteiger partial charge on any atom is -0.474 e. The molecule has 27 heavy (non-hydrogen) atoms. The van der Waals surface area contributed by atoms with Gasteiger partial charge in [-0.05, 0) is 44.6 Å². The first kappa shape index (κ1) is 19.5. The average Bonchev–Trinajstić information content (AvgIpc) is 3.12. The van der Waals surface area contributed by atoms with Gasteiger partial charge < -0.3 is 15.0 Å².